The number of nitrogens with zero attached hydrogens (tertiary/aromatic N) is 2. The topological polar surface area (TPSA) is 29.9 Å². The molecule has 1 aliphatic rings. The average Bonchev–Trinajstić information content (AvgIpc) is 3.00. The Morgan fingerprint density at radius 3 is 2.87 bits per heavy atom. The molecule has 1 unspecified atom stereocenters. The van der Waals surface area contributed by atoms with Gasteiger partial charge in [-0.25, -0.2) is 0 Å². The summed E-state index contributed by atoms with van der Waals surface area (Å²) >= 11 is 0. The minimum Gasteiger partial charge on any atom is -0.316 e. The zero-order valence-corrected chi connectivity index (χ0v) is 9.95. The summed E-state index contributed by atoms with van der Waals surface area (Å²) in [5.41, 5.74) is 2.87. The van der Waals surface area contributed by atoms with Crippen molar-refractivity contribution in [2.24, 2.45) is 0 Å². The van der Waals surface area contributed by atoms with E-state index in [2.05, 4.69) is 28.9 Å². The molecule has 0 aromatic carbocycles. The van der Waals surface area contributed by atoms with E-state index in [9.17, 15) is 0 Å². The molecule has 1 fully saturated rings. The van der Waals surface area contributed by atoms with E-state index < -0.39 is 0 Å². The van der Waals surface area contributed by atoms with Crippen molar-refractivity contribution in [1.29, 1.82) is 0 Å². The number of hydrogen-bond donors (Lipinski definition) is 1. The van der Waals surface area contributed by atoms with E-state index in [0.717, 1.165) is 18.9 Å². The second kappa shape index (κ2) is 4.35. The summed E-state index contributed by atoms with van der Waals surface area (Å²) in [5.74, 6) is 0.782. The quantitative estimate of drug-likeness (QED) is 0.803. The van der Waals surface area contributed by atoms with Gasteiger partial charge in [-0.3, -0.25) is 4.68 Å². The number of aromatic nitrogens is 2. The Hall–Kier alpha value is -0.830. The molecule has 84 valence electrons. The molecule has 0 saturated heterocycles. The summed E-state index contributed by atoms with van der Waals surface area (Å²) in [6, 6.07) is 0.534. The molecule has 1 N–H and O–H groups in total. The van der Waals surface area contributed by atoms with Crippen LogP contribution in [0.1, 0.15) is 56.3 Å². The van der Waals surface area contributed by atoms with Gasteiger partial charge in [0.05, 0.1) is 6.20 Å². The van der Waals surface area contributed by atoms with E-state index in [1.807, 2.05) is 13.2 Å². The highest BCUT2D eigenvalue weighted by Crippen LogP contribution is 2.42. The third-order valence-electron chi connectivity index (χ3n) is 3.25. The monoisotopic (exact) mass is 207 g/mol. The van der Waals surface area contributed by atoms with Crippen molar-refractivity contribution in [3.8, 4) is 0 Å². The molecule has 0 amide bonds. The van der Waals surface area contributed by atoms with Crippen LogP contribution in [-0.4, -0.2) is 16.8 Å². The number of hydrogen-bond acceptors (Lipinski definition) is 2. The fourth-order valence-corrected chi connectivity index (χ4v) is 2.06. The highest BCUT2D eigenvalue weighted by atomic mass is 15.3. The average molecular weight is 207 g/mol. The molecule has 1 heterocycles. The highest BCUT2D eigenvalue weighted by molar-refractivity contribution is 5.26. The smallest absolute Gasteiger partial charge is 0.0537 e. The van der Waals surface area contributed by atoms with Crippen molar-refractivity contribution in [2.75, 3.05) is 7.05 Å². The lowest BCUT2D eigenvalue weighted by Gasteiger charge is -2.14. The molecule has 0 radical (unpaired) electrons. The Morgan fingerprint density at radius 1 is 1.60 bits per heavy atom. The molecule has 0 bridgehead atoms. The van der Waals surface area contributed by atoms with Gasteiger partial charge < -0.3 is 5.32 Å². The van der Waals surface area contributed by atoms with Crippen LogP contribution in [0.2, 0.25) is 0 Å². The number of rotatable bonds is 5. The molecular weight excluding hydrogens is 186 g/mol. The van der Waals surface area contributed by atoms with Gasteiger partial charge in [-0.05, 0) is 33.2 Å². The third-order valence-corrected chi connectivity index (χ3v) is 3.25. The van der Waals surface area contributed by atoms with Gasteiger partial charge in [-0.2, -0.15) is 5.10 Å². The minimum atomic E-state index is 0.534. The molecule has 3 heteroatoms. The summed E-state index contributed by atoms with van der Waals surface area (Å²) in [5, 5.41) is 7.77. The van der Waals surface area contributed by atoms with E-state index in [4.69, 9.17) is 0 Å². The van der Waals surface area contributed by atoms with Crippen molar-refractivity contribution < 1.29 is 0 Å². The first-order chi connectivity index (χ1) is 7.27. The van der Waals surface area contributed by atoms with Gasteiger partial charge in [0.25, 0.3) is 0 Å². The fraction of sp³-hybridized carbons (Fsp3) is 0.750. The van der Waals surface area contributed by atoms with Gasteiger partial charge in [-0.15, -0.1) is 0 Å². The molecule has 1 aromatic rings. The lowest BCUT2D eigenvalue weighted by atomic mass is 10.1. The van der Waals surface area contributed by atoms with Crippen LogP contribution in [0.4, 0.5) is 0 Å². The van der Waals surface area contributed by atoms with Gasteiger partial charge in [-0.1, -0.05) is 6.92 Å². The maximum Gasteiger partial charge on any atom is 0.0537 e. The van der Waals surface area contributed by atoms with Crippen LogP contribution in [0.15, 0.2) is 6.20 Å². The van der Waals surface area contributed by atoms with Crippen LogP contribution >= 0.6 is 0 Å². The Morgan fingerprint density at radius 2 is 2.33 bits per heavy atom. The van der Waals surface area contributed by atoms with Crippen LogP contribution in [0.3, 0.4) is 0 Å². The van der Waals surface area contributed by atoms with E-state index in [-0.39, 0.29) is 0 Å². The van der Waals surface area contributed by atoms with Crippen molar-refractivity contribution >= 4 is 0 Å². The fourth-order valence-electron chi connectivity index (χ4n) is 2.06. The Balaban J connectivity index is 2.29. The molecular formula is C12H21N3. The summed E-state index contributed by atoms with van der Waals surface area (Å²) in [4.78, 5) is 0. The van der Waals surface area contributed by atoms with Gasteiger partial charge in [0.1, 0.15) is 0 Å². The SMILES string of the molecule is CCC(C)n1ncc(CNC)c1C1CC1. The van der Waals surface area contributed by atoms with E-state index in [0.29, 0.717) is 6.04 Å². The molecule has 1 aromatic heterocycles. The van der Waals surface area contributed by atoms with Gasteiger partial charge in [0, 0.05) is 29.8 Å². The summed E-state index contributed by atoms with van der Waals surface area (Å²) < 4.78 is 2.24. The third kappa shape index (κ3) is 2.07. The Labute approximate surface area is 91.9 Å². The summed E-state index contributed by atoms with van der Waals surface area (Å²) in [6.45, 7) is 5.42. The predicted molar refractivity (Wildman–Crippen MR) is 62.0 cm³/mol. The van der Waals surface area contributed by atoms with Crippen LogP contribution < -0.4 is 5.32 Å². The predicted octanol–water partition coefficient (Wildman–Crippen LogP) is 2.45. The van der Waals surface area contributed by atoms with Crippen LogP contribution in [-0.2, 0) is 6.54 Å². The zero-order chi connectivity index (χ0) is 10.8. The molecule has 3 nitrogen and oxygen atoms in total. The van der Waals surface area contributed by atoms with Crippen LogP contribution in [0.5, 0.6) is 0 Å². The molecule has 1 saturated carbocycles. The summed E-state index contributed by atoms with van der Waals surface area (Å²) in [7, 11) is 2.00. The second-order valence-electron chi connectivity index (χ2n) is 4.56. The second-order valence-corrected chi connectivity index (χ2v) is 4.56. The standard InChI is InChI=1S/C12H21N3/c1-4-9(2)15-12(10-5-6-10)11(7-13-3)8-14-15/h8-10,13H,4-7H2,1-3H3. The van der Waals surface area contributed by atoms with E-state index >= 15 is 0 Å². The van der Waals surface area contributed by atoms with Crippen molar-refractivity contribution in [3.05, 3.63) is 17.5 Å². The first-order valence-corrected chi connectivity index (χ1v) is 5.98. The van der Waals surface area contributed by atoms with Crippen LogP contribution in [0.25, 0.3) is 0 Å². The normalized spacial score (nSPS) is 18.1. The van der Waals surface area contributed by atoms with Crippen LogP contribution in [0, 0.1) is 0 Å². The lowest BCUT2D eigenvalue weighted by Crippen LogP contribution is -2.12. The first kappa shape index (κ1) is 10.7. The van der Waals surface area contributed by atoms with Crippen molar-refractivity contribution in [2.45, 2.75) is 51.6 Å². The molecule has 2 rings (SSSR count). The summed E-state index contributed by atoms with van der Waals surface area (Å²) in [6.07, 6.45) is 5.88. The van der Waals surface area contributed by atoms with Gasteiger partial charge in [0.15, 0.2) is 0 Å². The van der Waals surface area contributed by atoms with Gasteiger partial charge in [0.2, 0.25) is 0 Å². The lowest BCUT2D eigenvalue weighted by molar-refractivity contribution is 0.459. The molecule has 1 aliphatic carbocycles. The maximum atomic E-state index is 4.54. The largest absolute Gasteiger partial charge is 0.316 e. The van der Waals surface area contributed by atoms with Crippen molar-refractivity contribution in [1.82, 2.24) is 15.1 Å². The highest BCUT2D eigenvalue weighted by Gasteiger charge is 2.30. The molecule has 0 spiro atoms. The molecule has 0 aliphatic heterocycles. The molecule has 15 heavy (non-hydrogen) atoms. The van der Waals surface area contributed by atoms with E-state index in [1.54, 1.807) is 0 Å². The first-order valence-electron chi connectivity index (χ1n) is 5.98. The zero-order valence-electron chi connectivity index (χ0n) is 9.95. The molecule has 1 atom stereocenters. The minimum absolute atomic E-state index is 0.534. The van der Waals surface area contributed by atoms with Gasteiger partial charge >= 0.3 is 0 Å². The Kier molecular flexibility index (Phi) is 3.10. The maximum absolute atomic E-state index is 4.54. The van der Waals surface area contributed by atoms with Crippen molar-refractivity contribution in [3.63, 3.8) is 0 Å². The Bertz CT molecular complexity index is 326. The van der Waals surface area contributed by atoms with E-state index in [1.165, 1.54) is 24.1 Å². The number of nitrogens with one attached hydrogen (secondary N) is 1.